The number of aryl methyl sites for hydroxylation is 1. The Balaban J connectivity index is 1.36. The number of piperazine rings is 1. The van der Waals surface area contributed by atoms with Gasteiger partial charge in [-0.25, -0.2) is 13.8 Å². The Hall–Kier alpha value is -3.34. The van der Waals surface area contributed by atoms with Crippen molar-refractivity contribution in [3.8, 4) is 0 Å². The van der Waals surface area contributed by atoms with Crippen LogP contribution in [0.4, 0.5) is 20.7 Å². The van der Waals surface area contributed by atoms with Gasteiger partial charge >= 0.3 is 0 Å². The lowest BCUT2D eigenvalue weighted by molar-refractivity contribution is 0.311. The van der Waals surface area contributed by atoms with Crippen LogP contribution in [0.3, 0.4) is 0 Å². The Bertz CT molecular complexity index is 1350. The molecular formula is C22H25F2N9. The fourth-order valence-electron chi connectivity index (χ4n) is 4.39. The van der Waals surface area contributed by atoms with Gasteiger partial charge in [-0.15, -0.1) is 0 Å². The molecule has 1 N–H and O–H groups in total. The number of benzene rings is 1. The average Bonchev–Trinajstić information content (AvgIpc) is 3.49. The molecule has 4 heterocycles. The molecule has 1 aromatic carbocycles. The third-order valence-electron chi connectivity index (χ3n) is 6.63. The molecule has 0 atom stereocenters. The molecule has 1 saturated heterocycles. The van der Waals surface area contributed by atoms with Crippen LogP contribution in [0, 0.1) is 11.6 Å². The number of halogens is 2. The number of nitrogens with one attached hydrogen (secondary N) is 1. The molecule has 0 bridgehead atoms. The number of hydrogen-bond donors (Lipinski definition) is 1. The van der Waals surface area contributed by atoms with E-state index in [0.717, 1.165) is 56.3 Å². The Morgan fingerprint density at radius 3 is 2.58 bits per heavy atom. The van der Waals surface area contributed by atoms with E-state index >= 15 is 0 Å². The number of aromatic nitrogens is 6. The molecule has 3 aromatic heterocycles. The summed E-state index contributed by atoms with van der Waals surface area (Å²) in [7, 11) is 3.90. The van der Waals surface area contributed by atoms with E-state index in [-0.39, 0.29) is 12.1 Å². The standard InChI is InChI=1S/C22H25F2N9/c1-30-7-9-32(10-8-30)22-28-20-14(13-3-4-13)11-26-33(20)21(29-22)25-12-17-27-19-16(31(17)2)6-5-15(23)18(19)24/h5-6,11,13H,3-4,7-10,12H2,1-2H3,(H,25,28,29). The highest BCUT2D eigenvalue weighted by atomic mass is 19.2. The van der Waals surface area contributed by atoms with Crippen molar-refractivity contribution in [2.45, 2.75) is 25.3 Å². The lowest BCUT2D eigenvalue weighted by Crippen LogP contribution is -2.45. The number of nitrogens with zero attached hydrogens (tertiary/aromatic N) is 8. The van der Waals surface area contributed by atoms with Gasteiger partial charge in [-0.2, -0.15) is 19.6 Å². The summed E-state index contributed by atoms with van der Waals surface area (Å²) in [5.74, 6) is 0.467. The quantitative estimate of drug-likeness (QED) is 0.498. The predicted octanol–water partition coefficient (Wildman–Crippen LogP) is 2.53. The van der Waals surface area contributed by atoms with E-state index in [2.05, 4.69) is 32.2 Å². The molecule has 9 nitrogen and oxygen atoms in total. The molecule has 0 amide bonds. The lowest BCUT2D eigenvalue weighted by atomic mass is 10.2. The zero-order valence-electron chi connectivity index (χ0n) is 18.6. The maximum absolute atomic E-state index is 14.2. The summed E-state index contributed by atoms with van der Waals surface area (Å²) in [6, 6.07) is 2.66. The van der Waals surface area contributed by atoms with Crippen LogP contribution in [0.25, 0.3) is 16.7 Å². The molecule has 2 fully saturated rings. The molecule has 33 heavy (non-hydrogen) atoms. The highest BCUT2D eigenvalue weighted by Crippen LogP contribution is 2.42. The van der Waals surface area contributed by atoms with Crippen LogP contribution < -0.4 is 10.2 Å². The van der Waals surface area contributed by atoms with Gasteiger partial charge < -0.3 is 19.7 Å². The lowest BCUT2D eigenvalue weighted by Gasteiger charge is -2.32. The summed E-state index contributed by atoms with van der Waals surface area (Å²) < 4.78 is 31.4. The molecule has 11 heteroatoms. The Morgan fingerprint density at radius 2 is 1.82 bits per heavy atom. The minimum atomic E-state index is -0.933. The average molecular weight is 454 g/mol. The van der Waals surface area contributed by atoms with Crippen LogP contribution in [-0.2, 0) is 13.6 Å². The Morgan fingerprint density at radius 1 is 1.03 bits per heavy atom. The second-order valence-electron chi connectivity index (χ2n) is 8.92. The van der Waals surface area contributed by atoms with Gasteiger partial charge in [0.15, 0.2) is 17.3 Å². The van der Waals surface area contributed by atoms with E-state index in [9.17, 15) is 8.78 Å². The fraction of sp³-hybridized carbons (Fsp3) is 0.455. The molecule has 4 aromatic rings. The highest BCUT2D eigenvalue weighted by molar-refractivity contribution is 5.76. The van der Waals surface area contributed by atoms with E-state index in [0.29, 0.717) is 29.2 Å². The van der Waals surface area contributed by atoms with Gasteiger partial charge in [0.05, 0.1) is 18.3 Å². The molecule has 1 saturated carbocycles. The molecule has 1 aliphatic carbocycles. The zero-order chi connectivity index (χ0) is 22.7. The van der Waals surface area contributed by atoms with E-state index in [1.807, 2.05) is 6.20 Å². The minimum absolute atomic E-state index is 0.0235. The van der Waals surface area contributed by atoms with Gasteiger partial charge in [0, 0.05) is 38.8 Å². The van der Waals surface area contributed by atoms with Crippen molar-refractivity contribution in [3.63, 3.8) is 0 Å². The van der Waals surface area contributed by atoms with Crippen LogP contribution in [-0.4, -0.2) is 67.3 Å². The zero-order valence-corrected chi connectivity index (χ0v) is 18.6. The largest absolute Gasteiger partial charge is 0.347 e. The van der Waals surface area contributed by atoms with Gasteiger partial charge in [-0.05, 0) is 37.9 Å². The van der Waals surface area contributed by atoms with Crippen molar-refractivity contribution in [1.29, 1.82) is 0 Å². The maximum atomic E-state index is 14.2. The van der Waals surface area contributed by atoms with Crippen molar-refractivity contribution in [3.05, 3.63) is 41.4 Å². The molecule has 6 rings (SSSR count). The number of hydrogen-bond acceptors (Lipinski definition) is 7. The van der Waals surface area contributed by atoms with Crippen LogP contribution >= 0.6 is 0 Å². The first-order valence-electron chi connectivity index (χ1n) is 11.2. The van der Waals surface area contributed by atoms with Crippen LogP contribution in [0.15, 0.2) is 18.3 Å². The first-order valence-corrected chi connectivity index (χ1v) is 11.2. The van der Waals surface area contributed by atoms with E-state index < -0.39 is 11.6 Å². The van der Waals surface area contributed by atoms with Gasteiger partial charge in [-0.1, -0.05) is 0 Å². The van der Waals surface area contributed by atoms with E-state index in [1.165, 1.54) is 6.07 Å². The van der Waals surface area contributed by atoms with E-state index in [1.54, 1.807) is 16.1 Å². The number of rotatable bonds is 5. The monoisotopic (exact) mass is 453 g/mol. The smallest absolute Gasteiger partial charge is 0.230 e. The molecule has 0 spiro atoms. The Kier molecular flexibility index (Phi) is 4.68. The van der Waals surface area contributed by atoms with Crippen LogP contribution in [0.1, 0.15) is 30.1 Å². The number of imidazole rings is 1. The minimum Gasteiger partial charge on any atom is -0.347 e. The second-order valence-corrected chi connectivity index (χ2v) is 8.92. The highest BCUT2D eigenvalue weighted by Gasteiger charge is 2.29. The molecule has 172 valence electrons. The molecular weight excluding hydrogens is 428 g/mol. The van der Waals surface area contributed by atoms with Gasteiger partial charge in [-0.3, -0.25) is 0 Å². The maximum Gasteiger partial charge on any atom is 0.230 e. The van der Waals surface area contributed by atoms with Crippen LogP contribution in [0.2, 0.25) is 0 Å². The first kappa shape index (κ1) is 20.3. The van der Waals surface area contributed by atoms with Crippen molar-refractivity contribution in [1.82, 2.24) is 34.0 Å². The first-order chi connectivity index (χ1) is 16.0. The fourth-order valence-corrected chi connectivity index (χ4v) is 4.39. The molecule has 0 unspecified atom stereocenters. The van der Waals surface area contributed by atoms with Gasteiger partial charge in [0.25, 0.3) is 0 Å². The summed E-state index contributed by atoms with van der Waals surface area (Å²) in [6.45, 7) is 3.89. The van der Waals surface area contributed by atoms with Crippen molar-refractivity contribution in [2.75, 3.05) is 43.4 Å². The number of likely N-dealkylation sites (N-methyl/N-ethyl adjacent to an activating group) is 1. The topological polar surface area (TPSA) is 79.4 Å². The predicted molar refractivity (Wildman–Crippen MR) is 120 cm³/mol. The Labute approximate surface area is 189 Å². The van der Waals surface area contributed by atoms with Gasteiger partial charge in [0.1, 0.15) is 11.3 Å². The van der Waals surface area contributed by atoms with Crippen molar-refractivity contribution >= 4 is 28.6 Å². The summed E-state index contributed by atoms with van der Waals surface area (Å²) in [6.07, 6.45) is 4.19. The number of anilines is 2. The normalized spacial score (nSPS) is 17.4. The molecule has 0 radical (unpaired) electrons. The third kappa shape index (κ3) is 3.47. The van der Waals surface area contributed by atoms with Crippen LogP contribution in [0.5, 0.6) is 0 Å². The third-order valence-corrected chi connectivity index (χ3v) is 6.63. The van der Waals surface area contributed by atoms with Gasteiger partial charge in [0.2, 0.25) is 11.9 Å². The van der Waals surface area contributed by atoms with Crippen molar-refractivity contribution in [2.24, 2.45) is 7.05 Å². The summed E-state index contributed by atoms with van der Waals surface area (Å²) >= 11 is 0. The summed E-state index contributed by atoms with van der Waals surface area (Å²) in [4.78, 5) is 18.5. The second kappa shape index (κ2) is 7.62. The van der Waals surface area contributed by atoms with Crippen molar-refractivity contribution < 1.29 is 8.78 Å². The molecule has 2 aliphatic rings. The SMILES string of the molecule is CN1CCN(c2nc(NCc3nc4c(F)c(F)ccc4n3C)n3ncc(C4CC4)c3n2)CC1. The summed E-state index contributed by atoms with van der Waals surface area (Å²) in [5.41, 5.74) is 2.53. The molecule has 1 aliphatic heterocycles. The number of fused-ring (bicyclic) bond motifs is 2. The summed E-state index contributed by atoms with van der Waals surface area (Å²) in [5, 5.41) is 7.86. The van der Waals surface area contributed by atoms with E-state index in [4.69, 9.17) is 9.97 Å².